The summed E-state index contributed by atoms with van der Waals surface area (Å²) in [6, 6.07) is 11.2. The third kappa shape index (κ3) is 3.30. The van der Waals surface area contributed by atoms with Crippen molar-refractivity contribution in [2.45, 2.75) is 6.04 Å². The Morgan fingerprint density at radius 1 is 1.13 bits per heavy atom. The van der Waals surface area contributed by atoms with E-state index >= 15 is 0 Å². The molecule has 0 spiro atoms. The van der Waals surface area contributed by atoms with Gasteiger partial charge in [-0.3, -0.25) is 5.01 Å². The van der Waals surface area contributed by atoms with E-state index in [1.165, 1.54) is 18.5 Å². The minimum absolute atomic E-state index is 0.298. The molecule has 0 saturated carbocycles. The molecular weight excluding hydrogens is 338 g/mol. The molecule has 3 rings (SSSR count). The highest BCUT2D eigenvalue weighted by Crippen LogP contribution is 2.33. The monoisotopic (exact) mass is 350 g/mol. The molecule has 1 aromatic heterocycles. The van der Waals surface area contributed by atoms with Crippen molar-refractivity contribution in [2.24, 2.45) is 0 Å². The fourth-order valence-electron chi connectivity index (χ4n) is 2.45. The summed E-state index contributed by atoms with van der Waals surface area (Å²) in [5.41, 5.74) is 1.65. The molecule has 1 heterocycles. The maximum atomic E-state index is 13.3. The summed E-state index contributed by atoms with van der Waals surface area (Å²) < 4.78 is 13.3. The van der Waals surface area contributed by atoms with Crippen molar-refractivity contribution in [1.29, 1.82) is 0 Å². The first-order valence-electron chi connectivity index (χ1n) is 6.84. The minimum atomic E-state index is -0.302. The summed E-state index contributed by atoms with van der Waals surface area (Å²) in [5, 5.41) is 7.12. The van der Waals surface area contributed by atoms with Crippen LogP contribution in [0.5, 0.6) is 0 Å². The Kier molecular flexibility index (Phi) is 4.50. The predicted octanol–water partition coefficient (Wildman–Crippen LogP) is 4.08. The van der Waals surface area contributed by atoms with Crippen molar-refractivity contribution in [1.82, 2.24) is 14.9 Å². The van der Waals surface area contributed by atoms with E-state index in [2.05, 4.69) is 10.1 Å². The second-order valence-electron chi connectivity index (χ2n) is 5.01. The molecule has 0 amide bonds. The van der Waals surface area contributed by atoms with Crippen molar-refractivity contribution in [3.63, 3.8) is 0 Å². The third-order valence-corrected chi connectivity index (χ3v) is 4.12. The first-order chi connectivity index (χ1) is 11.1. The Bertz CT molecular complexity index is 790. The number of benzene rings is 2. The maximum Gasteiger partial charge on any atom is 0.139 e. The summed E-state index contributed by atoms with van der Waals surface area (Å²) >= 11 is 12.5. The molecule has 0 aliphatic rings. The second kappa shape index (κ2) is 6.56. The Labute approximate surface area is 143 Å². The van der Waals surface area contributed by atoms with E-state index < -0.39 is 0 Å². The Balaban J connectivity index is 2.13. The van der Waals surface area contributed by atoms with Gasteiger partial charge in [-0.15, -0.1) is 5.10 Å². The fraction of sp³-hybridized carbons (Fsp3) is 0.125. The van der Waals surface area contributed by atoms with Crippen LogP contribution in [0.15, 0.2) is 55.1 Å². The van der Waals surface area contributed by atoms with Gasteiger partial charge in [-0.2, -0.15) is 4.79 Å². The van der Waals surface area contributed by atoms with Crippen molar-refractivity contribution in [3.8, 4) is 0 Å². The van der Waals surface area contributed by atoms with Gasteiger partial charge >= 0.3 is 0 Å². The van der Waals surface area contributed by atoms with Gasteiger partial charge in [-0.1, -0.05) is 35.3 Å². The van der Waals surface area contributed by atoms with E-state index in [-0.39, 0.29) is 11.9 Å². The van der Waals surface area contributed by atoms with Gasteiger partial charge in [-0.25, -0.2) is 9.37 Å². The smallest absolute Gasteiger partial charge is 0.139 e. The first kappa shape index (κ1) is 15.8. The highest BCUT2D eigenvalue weighted by atomic mass is 35.5. The van der Waals surface area contributed by atoms with E-state index in [9.17, 15) is 4.39 Å². The van der Waals surface area contributed by atoms with Gasteiger partial charge < -0.3 is 0 Å². The number of aromatic nitrogens is 3. The summed E-state index contributed by atoms with van der Waals surface area (Å²) in [7, 11) is 1.85. The summed E-state index contributed by atoms with van der Waals surface area (Å²) in [6.45, 7) is 0. The minimum Gasteiger partial charge on any atom is -0.287 e. The van der Waals surface area contributed by atoms with Crippen LogP contribution in [0.2, 0.25) is 10.0 Å². The summed E-state index contributed by atoms with van der Waals surface area (Å²) in [4.78, 5) is 5.55. The van der Waals surface area contributed by atoms with Gasteiger partial charge in [0.05, 0.1) is 6.04 Å². The van der Waals surface area contributed by atoms with Crippen LogP contribution in [0.1, 0.15) is 17.2 Å². The summed E-state index contributed by atoms with van der Waals surface area (Å²) in [5.74, 6) is -0.298. The topological polar surface area (TPSA) is 34.0 Å². The molecular formula is C16H13Cl2FN4. The quantitative estimate of drug-likeness (QED) is 0.710. The normalized spacial score (nSPS) is 12.2. The van der Waals surface area contributed by atoms with E-state index in [1.54, 1.807) is 41.4 Å². The molecule has 0 saturated heterocycles. The molecule has 0 N–H and O–H groups in total. The zero-order valence-electron chi connectivity index (χ0n) is 12.2. The van der Waals surface area contributed by atoms with Crippen molar-refractivity contribution in [2.75, 3.05) is 12.1 Å². The van der Waals surface area contributed by atoms with Crippen molar-refractivity contribution in [3.05, 3.63) is 82.1 Å². The molecule has 0 bridgehead atoms. The van der Waals surface area contributed by atoms with E-state index in [0.29, 0.717) is 10.0 Å². The number of hydrogen-bond acceptors (Lipinski definition) is 3. The van der Waals surface area contributed by atoms with Gasteiger partial charge in [0.25, 0.3) is 0 Å². The largest absolute Gasteiger partial charge is 0.287 e. The van der Waals surface area contributed by atoms with Gasteiger partial charge in [0, 0.05) is 22.7 Å². The lowest BCUT2D eigenvalue weighted by Gasteiger charge is -2.30. The Morgan fingerprint density at radius 2 is 1.87 bits per heavy atom. The summed E-state index contributed by atoms with van der Waals surface area (Å²) in [6.07, 6.45) is 3.02. The van der Waals surface area contributed by atoms with E-state index in [0.717, 1.165) is 11.1 Å². The van der Waals surface area contributed by atoms with Gasteiger partial charge in [0.15, 0.2) is 0 Å². The molecule has 0 aliphatic heterocycles. The maximum absolute atomic E-state index is 13.3. The molecule has 2 aromatic carbocycles. The van der Waals surface area contributed by atoms with Crippen LogP contribution in [0.4, 0.5) is 4.39 Å². The van der Waals surface area contributed by atoms with Crippen LogP contribution in [0.3, 0.4) is 0 Å². The Hall–Kier alpha value is -2.11. The van der Waals surface area contributed by atoms with Crippen molar-refractivity contribution >= 4 is 23.2 Å². The van der Waals surface area contributed by atoms with Crippen LogP contribution in [0, 0.1) is 5.82 Å². The lowest BCUT2D eigenvalue weighted by Crippen LogP contribution is -2.35. The highest BCUT2D eigenvalue weighted by Gasteiger charge is 2.23. The SMILES string of the molecule is CN(C(c1ccc(F)cc1)c1cc(Cl)ccc1Cl)n1cncn1. The lowest BCUT2D eigenvalue weighted by atomic mass is 9.98. The van der Waals surface area contributed by atoms with Gasteiger partial charge in [0.2, 0.25) is 0 Å². The third-order valence-electron chi connectivity index (χ3n) is 3.54. The average molecular weight is 351 g/mol. The number of halogens is 3. The molecule has 0 fully saturated rings. The number of nitrogens with zero attached hydrogens (tertiary/aromatic N) is 4. The molecule has 1 unspecified atom stereocenters. The standard InChI is InChI=1S/C16H13Cl2FN4/c1-22(23-10-20-9-21-23)16(11-2-5-13(19)6-3-11)14-8-12(17)4-7-15(14)18/h2-10,16H,1H3. The van der Waals surface area contributed by atoms with Crippen LogP contribution >= 0.6 is 23.2 Å². The van der Waals surface area contributed by atoms with Crippen LogP contribution in [0.25, 0.3) is 0 Å². The molecule has 0 radical (unpaired) electrons. The Morgan fingerprint density at radius 3 is 2.52 bits per heavy atom. The average Bonchev–Trinajstić information content (AvgIpc) is 3.07. The predicted molar refractivity (Wildman–Crippen MR) is 88.9 cm³/mol. The fourth-order valence-corrected chi connectivity index (χ4v) is 2.85. The molecule has 1 atom stereocenters. The first-order valence-corrected chi connectivity index (χ1v) is 7.60. The second-order valence-corrected chi connectivity index (χ2v) is 5.85. The molecule has 23 heavy (non-hydrogen) atoms. The zero-order chi connectivity index (χ0) is 16.4. The van der Waals surface area contributed by atoms with Gasteiger partial charge in [0.1, 0.15) is 18.5 Å². The van der Waals surface area contributed by atoms with Crippen LogP contribution in [-0.4, -0.2) is 21.9 Å². The zero-order valence-corrected chi connectivity index (χ0v) is 13.7. The molecule has 7 heteroatoms. The lowest BCUT2D eigenvalue weighted by molar-refractivity contribution is 0.528. The highest BCUT2D eigenvalue weighted by molar-refractivity contribution is 6.33. The van der Waals surface area contributed by atoms with Crippen LogP contribution < -0.4 is 5.01 Å². The molecule has 4 nitrogen and oxygen atoms in total. The van der Waals surface area contributed by atoms with Gasteiger partial charge in [-0.05, 0) is 35.9 Å². The molecule has 0 aliphatic carbocycles. The number of hydrogen-bond donors (Lipinski definition) is 0. The molecule has 118 valence electrons. The molecule has 3 aromatic rings. The van der Waals surface area contributed by atoms with E-state index in [4.69, 9.17) is 23.2 Å². The van der Waals surface area contributed by atoms with Crippen molar-refractivity contribution < 1.29 is 4.39 Å². The van der Waals surface area contributed by atoms with Crippen LogP contribution in [-0.2, 0) is 0 Å². The number of rotatable bonds is 4. The van der Waals surface area contributed by atoms with E-state index in [1.807, 2.05) is 12.1 Å².